The van der Waals surface area contributed by atoms with Crippen molar-refractivity contribution in [3.8, 4) is 0 Å². The average Bonchev–Trinajstić information content (AvgIpc) is 2.71. The van der Waals surface area contributed by atoms with Crippen LogP contribution in [0.25, 0.3) is 5.53 Å². The maximum absolute atomic E-state index is 11.9. The zero-order valence-electron chi connectivity index (χ0n) is 8.96. The van der Waals surface area contributed by atoms with Gasteiger partial charge in [-0.15, -0.1) is 4.79 Å². The second-order valence-corrected chi connectivity index (χ2v) is 8.32. The van der Waals surface area contributed by atoms with Gasteiger partial charge in [-0.2, -0.15) is 0 Å². The molecule has 0 aromatic heterocycles. The van der Waals surface area contributed by atoms with Crippen LogP contribution >= 0.6 is 0 Å². The molecule has 1 aliphatic carbocycles. The van der Waals surface area contributed by atoms with Crippen molar-refractivity contribution in [1.82, 2.24) is 0 Å². The van der Waals surface area contributed by atoms with Crippen molar-refractivity contribution >= 4 is 24.1 Å². The summed E-state index contributed by atoms with van der Waals surface area (Å²) in [5.74, 6) is -0.391. The van der Waals surface area contributed by atoms with Crippen LogP contribution in [-0.4, -0.2) is 37.0 Å². The molecule has 0 N–H and O–H groups in total. The van der Waals surface area contributed by atoms with Gasteiger partial charge >= 0.3 is 4.38 Å². The molecule has 0 heterocycles. The molecule has 0 aliphatic heterocycles. The molecule has 0 aromatic carbocycles. The first kappa shape index (κ1) is 13.3. The Morgan fingerprint density at radius 1 is 1.25 bits per heavy atom. The highest BCUT2D eigenvalue weighted by atomic mass is 32.3. The maximum atomic E-state index is 11.9. The van der Waals surface area contributed by atoms with Gasteiger partial charge in [0.2, 0.25) is 0 Å². The highest BCUT2D eigenvalue weighted by Gasteiger charge is 2.46. The first-order chi connectivity index (χ1) is 7.36. The van der Waals surface area contributed by atoms with Crippen molar-refractivity contribution in [3.05, 3.63) is 5.53 Å². The SMILES string of the molecule is CCS(=O)(=O)C(=[N+]=[N-])S(=O)(=O)C1CCCC1. The van der Waals surface area contributed by atoms with E-state index in [9.17, 15) is 16.8 Å². The summed E-state index contributed by atoms with van der Waals surface area (Å²) in [7, 11) is -8.00. The molecule has 0 bridgehead atoms. The summed E-state index contributed by atoms with van der Waals surface area (Å²) >= 11 is 0. The van der Waals surface area contributed by atoms with Gasteiger partial charge in [0.15, 0.2) is 0 Å². The first-order valence-corrected chi connectivity index (χ1v) is 8.25. The summed E-state index contributed by atoms with van der Waals surface area (Å²) in [5.41, 5.74) is 8.62. The predicted octanol–water partition coefficient (Wildman–Crippen LogP) is 0.364. The van der Waals surface area contributed by atoms with Gasteiger partial charge in [-0.1, -0.05) is 19.8 Å². The highest BCUT2D eigenvalue weighted by Crippen LogP contribution is 2.26. The minimum atomic E-state index is -4.01. The lowest BCUT2D eigenvalue weighted by molar-refractivity contribution is 0.00375. The second kappa shape index (κ2) is 4.65. The number of hydrogen-bond donors (Lipinski definition) is 0. The molecule has 8 heteroatoms. The Morgan fingerprint density at radius 2 is 1.75 bits per heavy atom. The molecule has 0 amide bonds. The van der Waals surface area contributed by atoms with E-state index in [1.807, 2.05) is 0 Å². The van der Waals surface area contributed by atoms with E-state index >= 15 is 0 Å². The molecule has 6 nitrogen and oxygen atoms in total. The molecule has 0 atom stereocenters. The lowest BCUT2D eigenvalue weighted by Gasteiger charge is -2.06. The Labute approximate surface area is 95.1 Å². The van der Waals surface area contributed by atoms with Crippen LogP contribution in [0.5, 0.6) is 0 Å². The van der Waals surface area contributed by atoms with Gasteiger partial charge in [0.1, 0.15) is 0 Å². The number of sulfone groups is 2. The third-order valence-electron chi connectivity index (χ3n) is 2.71. The zero-order valence-corrected chi connectivity index (χ0v) is 10.6. The van der Waals surface area contributed by atoms with E-state index in [0.717, 1.165) is 12.8 Å². The van der Waals surface area contributed by atoms with Crippen molar-refractivity contribution in [2.24, 2.45) is 0 Å². The van der Waals surface area contributed by atoms with Gasteiger partial charge < -0.3 is 5.53 Å². The Hall–Kier alpha value is -0.720. The van der Waals surface area contributed by atoms with Crippen molar-refractivity contribution < 1.29 is 21.6 Å². The highest BCUT2D eigenvalue weighted by molar-refractivity contribution is 8.31. The van der Waals surface area contributed by atoms with E-state index in [2.05, 4.69) is 4.79 Å². The summed E-state index contributed by atoms with van der Waals surface area (Å²) in [5, 5.41) is -0.722. The van der Waals surface area contributed by atoms with Gasteiger partial charge in [0, 0.05) is 0 Å². The Balaban J connectivity index is 3.22. The molecule has 92 valence electrons. The molecule has 16 heavy (non-hydrogen) atoms. The van der Waals surface area contributed by atoms with Crippen LogP contribution in [0.4, 0.5) is 0 Å². The lowest BCUT2D eigenvalue weighted by Crippen LogP contribution is -2.33. The third kappa shape index (κ3) is 2.34. The van der Waals surface area contributed by atoms with Crippen LogP contribution in [0, 0.1) is 0 Å². The van der Waals surface area contributed by atoms with E-state index < -0.39 is 35.1 Å². The molecule has 0 saturated heterocycles. The minimum Gasteiger partial charge on any atom is -0.359 e. The summed E-state index contributed by atoms with van der Waals surface area (Å²) in [6.07, 6.45) is 2.38. The van der Waals surface area contributed by atoms with Gasteiger partial charge in [-0.05, 0) is 12.8 Å². The molecular formula is C8H14N2O4S2. The molecule has 0 spiro atoms. The predicted molar refractivity (Wildman–Crippen MR) is 59.3 cm³/mol. The van der Waals surface area contributed by atoms with Gasteiger partial charge in [0.05, 0.1) is 11.0 Å². The summed E-state index contributed by atoms with van der Waals surface area (Å²) in [6.45, 7) is 1.31. The fourth-order valence-electron chi connectivity index (χ4n) is 1.76. The van der Waals surface area contributed by atoms with Crippen LogP contribution in [-0.2, 0) is 19.7 Å². The van der Waals surface area contributed by atoms with Gasteiger partial charge in [0.25, 0.3) is 19.7 Å². The Kier molecular flexibility index (Phi) is 3.88. The molecule has 0 radical (unpaired) electrons. The van der Waals surface area contributed by atoms with E-state index in [0.29, 0.717) is 12.8 Å². The van der Waals surface area contributed by atoms with Crippen molar-refractivity contribution in [2.45, 2.75) is 37.9 Å². The fraction of sp³-hybridized carbons (Fsp3) is 0.875. The topological polar surface area (TPSA) is 105 Å². The van der Waals surface area contributed by atoms with Crippen LogP contribution in [0.2, 0.25) is 0 Å². The summed E-state index contributed by atoms with van der Waals surface area (Å²) < 4.78 is 45.7. The molecule has 0 unspecified atom stereocenters. The molecule has 1 rings (SSSR count). The van der Waals surface area contributed by atoms with Crippen molar-refractivity contribution in [3.63, 3.8) is 0 Å². The normalized spacial score (nSPS) is 18.3. The lowest BCUT2D eigenvalue weighted by atomic mass is 10.4. The zero-order chi connectivity index (χ0) is 12.4. The molecule has 1 fully saturated rings. The summed E-state index contributed by atoms with van der Waals surface area (Å²) in [4.78, 5) is 2.49. The van der Waals surface area contributed by atoms with Crippen molar-refractivity contribution in [2.75, 3.05) is 5.75 Å². The second-order valence-electron chi connectivity index (χ2n) is 3.72. The summed E-state index contributed by atoms with van der Waals surface area (Å²) in [6, 6.07) is 0. The maximum Gasteiger partial charge on any atom is 0.495 e. The monoisotopic (exact) mass is 266 g/mol. The molecular weight excluding hydrogens is 252 g/mol. The first-order valence-electron chi connectivity index (χ1n) is 5.05. The number of rotatable bonds is 2. The minimum absolute atomic E-state index is 0.391. The molecule has 0 aromatic rings. The van der Waals surface area contributed by atoms with Crippen LogP contribution in [0.15, 0.2) is 0 Å². The van der Waals surface area contributed by atoms with Crippen molar-refractivity contribution in [1.29, 1.82) is 0 Å². The Bertz CT molecular complexity index is 508. The van der Waals surface area contributed by atoms with E-state index in [1.165, 1.54) is 6.92 Å². The van der Waals surface area contributed by atoms with E-state index in [-0.39, 0.29) is 0 Å². The van der Waals surface area contributed by atoms with Crippen LogP contribution < -0.4 is 0 Å². The van der Waals surface area contributed by atoms with Gasteiger partial charge in [-0.3, -0.25) is 0 Å². The van der Waals surface area contributed by atoms with Crippen LogP contribution in [0.1, 0.15) is 32.6 Å². The average molecular weight is 266 g/mol. The fourth-order valence-corrected chi connectivity index (χ4v) is 5.66. The standard InChI is InChI=1S/C8H14N2O4S2/c1-2-15(11,12)8(10-9)16(13,14)7-5-3-4-6-7/h7H,2-6H2,1H3. The third-order valence-corrected chi connectivity index (χ3v) is 7.46. The number of nitrogens with zero attached hydrogens (tertiary/aromatic N) is 2. The number of hydrogen-bond acceptors (Lipinski definition) is 4. The Morgan fingerprint density at radius 3 is 2.12 bits per heavy atom. The smallest absolute Gasteiger partial charge is 0.359 e. The largest absolute Gasteiger partial charge is 0.495 e. The molecule has 1 aliphatic rings. The van der Waals surface area contributed by atoms with Gasteiger partial charge in [-0.25, -0.2) is 16.8 Å². The van der Waals surface area contributed by atoms with Crippen LogP contribution in [0.3, 0.4) is 0 Å². The molecule has 1 saturated carbocycles. The van der Waals surface area contributed by atoms with E-state index in [1.54, 1.807) is 0 Å². The van der Waals surface area contributed by atoms with E-state index in [4.69, 9.17) is 5.53 Å². The quantitative estimate of drug-likeness (QED) is 0.311.